The fourth-order valence-corrected chi connectivity index (χ4v) is 2.12. The summed E-state index contributed by atoms with van der Waals surface area (Å²) in [5.41, 5.74) is 1.30. The lowest BCUT2D eigenvalue weighted by molar-refractivity contribution is 0.278. The molecule has 0 N–H and O–H groups in total. The van der Waals surface area contributed by atoms with Gasteiger partial charge in [0.2, 0.25) is 0 Å². The van der Waals surface area contributed by atoms with Gasteiger partial charge in [-0.05, 0) is 41.9 Å². The first-order chi connectivity index (χ1) is 6.25. The molecule has 72 valence electrons. The molecule has 0 unspecified atom stereocenters. The molecular weight excluding hydrogens is 275 g/mol. The second kappa shape index (κ2) is 3.98. The van der Waals surface area contributed by atoms with Crippen LogP contribution in [0.3, 0.4) is 0 Å². The predicted molar refractivity (Wildman–Crippen MR) is 61.6 cm³/mol. The molecule has 2 nitrogen and oxygen atoms in total. The van der Waals surface area contributed by atoms with Crippen LogP contribution in [0.4, 0.5) is 0 Å². The van der Waals surface area contributed by atoms with E-state index in [2.05, 4.69) is 45.5 Å². The third kappa shape index (κ3) is 2.24. The Morgan fingerprint density at radius 2 is 2.38 bits per heavy atom. The van der Waals surface area contributed by atoms with Gasteiger partial charge in [0.15, 0.2) is 0 Å². The fourth-order valence-electron chi connectivity index (χ4n) is 1.71. The van der Waals surface area contributed by atoms with Crippen molar-refractivity contribution < 1.29 is 0 Å². The molecule has 1 aromatic heterocycles. The summed E-state index contributed by atoms with van der Waals surface area (Å²) >= 11 is 2.29. The van der Waals surface area contributed by atoms with E-state index in [9.17, 15) is 0 Å². The van der Waals surface area contributed by atoms with Gasteiger partial charge in [-0.2, -0.15) is 5.10 Å². The van der Waals surface area contributed by atoms with Crippen molar-refractivity contribution in [3.8, 4) is 0 Å². The Labute approximate surface area is 92.8 Å². The van der Waals surface area contributed by atoms with Crippen molar-refractivity contribution in [2.45, 2.75) is 39.2 Å². The van der Waals surface area contributed by atoms with Gasteiger partial charge < -0.3 is 0 Å². The highest BCUT2D eigenvalue weighted by molar-refractivity contribution is 14.1. The Morgan fingerprint density at radius 1 is 1.62 bits per heavy atom. The van der Waals surface area contributed by atoms with Gasteiger partial charge in [-0.3, -0.25) is 4.68 Å². The number of halogens is 1. The zero-order valence-electron chi connectivity index (χ0n) is 7.96. The predicted octanol–water partition coefficient (Wildman–Crippen LogP) is 2.99. The number of hydrogen-bond acceptors (Lipinski definition) is 1. The zero-order valence-corrected chi connectivity index (χ0v) is 10.1. The van der Waals surface area contributed by atoms with E-state index in [0.29, 0.717) is 0 Å². The second-order valence-corrected chi connectivity index (χ2v) is 4.97. The summed E-state index contributed by atoms with van der Waals surface area (Å²) in [7, 11) is 0. The molecular formula is C10H15IN2. The number of aromatic nitrogens is 2. The summed E-state index contributed by atoms with van der Waals surface area (Å²) in [6.45, 7) is 3.23. The minimum atomic E-state index is 0.988. The summed E-state index contributed by atoms with van der Waals surface area (Å²) in [6.07, 6.45) is 7.80. The molecule has 1 aliphatic rings. The second-order valence-electron chi connectivity index (χ2n) is 3.95. The lowest BCUT2D eigenvalue weighted by Crippen LogP contribution is -2.14. The third-order valence-electron chi connectivity index (χ3n) is 2.88. The van der Waals surface area contributed by atoms with Crippen molar-refractivity contribution >= 4 is 22.6 Å². The highest BCUT2D eigenvalue weighted by atomic mass is 127. The zero-order chi connectivity index (χ0) is 9.26. The highest BCUT2D eigenvalue weighted by Gasteiger charge is 2.17. The van der Waals surface area contributed by atoms with Crippen LogP contribution < -0.4 is 0 Å². The van der Waals surface area contributed by atoms with Crippen molar-refractivity contribution in [3.05, 3.63) is 15.5 Å². The van der Waals surface area contributed by atoms with Crippen LogP contribution in [0.2, 0.25) is 0 Å². The lowest BCUT2D eigenvalue weighted by Gasteiger charge is -2.24. The van der Waals surface area contributed by atoms with Crippen LogP contribution in [0.25, 0.3) is 0 Å². The van der Waals surface area contributed by atoms with Gasteiger partial charge in [-0.1, -0.05) is 19.3 Å². The topological polar surface area (TPSA) is 17.8 Å². The number of nitrogens with zero attached hydrogens (tertiary/aromatic N) is 2. The van der Waals surface area contributed by atoms with Gasteiger partial charge >= 0.3 is 0 Å². The highest BCUT2D eigenvalue weighted by Crippen LogP contribution is 2.29. The van der Waals surface area contributed by atoms with Gasteiger partial charge in [0.05, 0.1) is 0 Å². The molecule has 0 atom stereocenters. The van der Waals surface area contributed by atoms with E-state index in [0.717, 1.165) is 16.2 Å². The Kier molecular flexibility index (Phi) is 2.91. The quantitative estimate of drug-likeness (QED) is 0.783. The van der Waals surface area contributed by atoms with Crippen molar-refractivity contribution in [1.29, 1.82) is 0 Å². The van der Waals surface area contributed by atoms with E-state index < -0.39 is 0 Å². The van der Waals surface area contributed by atoms with Gasteiger partial charge in [0, 0.05) is 18.3 Å². The third-order valence-corrected chi connectivity index (χ3v) is 3.94. The Morgan fingerprint density at radius 3 is 2.85 bits per heavy atom. The summed E-state index contributed by atoms with van der Waals surface area (Å²) in [4.78, 5) is 0. The Balaban J connectivity index is 1.86. The summed E-state index contributed by atoms with van der Waals surface area (Å²) in [5.74, 6) is 0.988. The molecule has 0 bridgehead atoms. The molecule has 1 heterocycles. The molecule has 1 aliphatic carbocycles. The first kappa shape index (κ1) is 9.49. The van der Waals surface area contributed by atoms with E-state index in [1.54, 1.807) is 0 Å². The van der Waals surface area contributed by atoms with Crippen LogP contribution in [0.1, 0.15) is 31.2 Å². The fraction of sp³-hybridized carbons (Fsp3) is 0.700. The molecule has 0 radical (unpaired) electrons. The normalized spacial score (nSPS) is 17.4. The number of rotatable bonds is 3. The van der Waals surface area contributed by atoms with Crippen LogP contribution in [0.15, 0.2) is 6.20 Å². The maximum Gasteiger partial charge on any atom is 0.126 e. The van der Waals surface area contributed by atoms with Crippen LogP contribution in [0.5, 0.6) is 0 Å². The van der Waals surface area contributed by atoms with Crippen LogP contribution in [-0.2, 0) is 6.54 Å². The van der Waals surface area contributed by atoms with Crippen LogP contribution >= 0.6 is 22.6 Å². The number of aryl methyl sites for hydroxylation is 2. The molecule has 0 amide bonds. The maximum atomic E-state index is 4.44. The van der Waals surface area contributed by atoms with Gasteiger partial charge in [-0.15, -0.1) is 0 Å². The van der Waals surface area contributed by atoms with Gasteiger partial charge in [-0.25, -0.2) is 0 Å². The Hall–Kier alpha value is -0.0600. The van der Waals surface area contributed by atoms with E-state index in [-0.39, 0.29) is 0 Å². The monoisotopic (exact) mass is 290 g/mol. The molecule has 0 saturated heterocycles. The molecule has 1 fully saturated rings. The largest absolute Gasteiger partial charge is 0.271 e. The number of hydrogen-bond donors (Lipinski definition) is 0. The first-order valence-corrected chi connectivity index (χ1v) is 6.03. The van der Waals surface area contributed by atoms with E-state index in [4.69, 9.17) is 0 Å². The molecule has 0 aromatic carbocycles. The molecule has 13 heavy (non-hydrogen) atoms. The molecule has 1 saturated carbocycles. The smallest absolute Gasteiger partial charge is 0.126 e. The molecule has 0 spiro atoms. The van der Waals surface area contributed by atoms with Gasteiger partial charge in [0.1, 0.15) is 3.70 Å². The standard InChI is InChI=1S/C10H15IN2/c1-8-7-13(12-10(8)11)6-5-9-3-2-4-9/h7,9H,2-6H2,1H3. The van der Waals surface area contributed by atoms with Crippen molar-refractivity contribution in [2.75, 3.05) is 0 Å². The minimum absolute atomic E-state index is 0.988. The molecule has 1 aromatic rings. The van der Waals surface area contributed by atoms with E-state index in [1.807, 2.05) is 0 Å². The average molecular weight is 290 g/mol. The van der Waals surface area contributed by atoms with Crippen LogP contribution in [0, 0.1) is 16.5 Å². The SMILES string of the molecule is Cc1cn(CCC2CCC2)nc1I. The van der Waals surface area contributed by atoms with Crippen molar-refractivity contribution in [1.82, 2.24) is 9.78 Å². The van der Waals surface area contributed by atoms with Gasteiger partial charge in [0.25, 0.3) is 0 Å². The lowest BCUT2D eigenvalue weighted by atomic mass is 9.83. The van der Waals surface area contributed by atoms with E-state index >= 15 is 0 Å². The van der Waals surface area contributed by atoms with E-state index in [1.165, 1.54) is 31.2 Å². The minimum Gasteiger partial charge on any atom is -0.271 e. The van der Waals surface area contributed by atoms with Crippen LogP contribution in [-0.4, -0.2) is 9.78 Å². The average Bonchev–Trinajstić information content (AvgIpc) is 2.28. The maximum absolute atomic E-state index is 4.44. The Bertz CT molecular complexity index is 270. The van der Waals surface area contributed by atoms with Crippen molar-refractivity contribution in [3.63, 3.8) is 0 Å². The first-order valence-electron chi connectivity index (χ1n) is 4.95. The summed E-state index contributed by atoms with van der Waals surface area (Å²) in [5, 5.41) is 4.44. The summed E-state index contributed by atoms with van der Waals surface area (Å²) in [6, 6.07) is 0. The molecule has 0 aliphatic heterocycles. The molecule has 2 rings (SSSR count). The van der Waals surface area contributed by atoms with Crippen molar-refractivity contribution in [2.24, 2.45) is 5.92 Å². The summed E-state index contributed by atoms with van der Waals surface area (Å²) < 4.78 is 3.24. The molecule has 3 heteroatoms.